The van der Waals surface area contributed by atoms with E-state index in [-0.39, 0.29) is 0 Å². The van der Waals surface area contributed by atoms with Crippen LogP contribution in [0.15, 0.2) is 36.4 Å². The van der Waals surface area contributed by atoms with E-state index in [0.717, 1.165) is 17.9 Å². The molecule has 1 aromatic heterocycles. The maximum absolute atomic E-state index is 12.1. The summed E-state index contributed by atoms with van der Waals surface area (Å²) in [6.45, 7) is 6.41. The van der Waals surface area contributed by atoms with E-state index in [2.05, 4.69) is 4.98 Å². The van der Waals surface area contributed by atoms with Gasteiger partial charge in [0.25, 0.3) is 0 Å². The third-order valence-electron chi connectivity index (χ3n) is 2.95. The molecule has 0 unspecified atom stereocenters. The summed E-state index contributed by atoms with van der Waals surface area (Å²) in [5.74, 6) is 0.857. The van der Waals surface area contributed by atoms with Crippen LogP contribution in [-0.2, 0) is 0 Å². The van der Waals surface area contributed by atoms with Crippen molar-refractivity contribution in [3.05, 3.63) is 53.3 Å². The van der Waals surface area contributed by atoms with Crippen molar-refractivity contribution in [1.29, 1.82) is 0 Å². The number of nitrogens with zero attached hydrogens (tertiary/aromatic N) is 1. The first-order valence-corrected chi connectivity index (χ1v) is 6.99. The fourth-order valence-corrected chi connectivity index (χ4v) is 1.89. The Morgan fingerprint density at radius 3 is 2.33 bits per heavy atom. The molecule has 21 heavy (non-hydrogen) atoms. The minimum atomic E-state index is -0.401. The number of aryl methyl sites for hydroxylation is 2. The number of carbonyl (C=O) groups excluding carboxylic acids is 1. The molecule has 0 aliphatic heterocycles. The highest BCUT2D eigenvalue weighted by Crippen LogP contribution is 2.19. The molecule has 0 fully saturated rings. The lowest BCUT2D eigenvalue weighted by molar-refractivity contribution is 0.0733. The smallest absolute Gasteiger partial charge is 0.345 e. The van der Waals surface area contributed by atoms with Crippen molar-refractivity contribution in [2.24, 2.45) is 0 Å². The standard InChI is InChI=1S/C17H19NO3/c1-4-11-20-14-6-8-15(9-7-14)21-17(19)16-10-5-12(2)18-13(16)3/h5-10H,4,11H2,1-3H3. The van der Waals surface area contributed by atoms with Gasteiger partial charge in [0, 0.05) is 5.69 Å². The van der Waals surface area contributed by atoms with Gasteiger partial charge in [-0.25, -0.2) is 4.79 Å². The highest BCUT2D eigenvalue weighted by molar-refractivity contribution is 5.92. The lowest BCUT2D eigenvalue weighted by atomic mass is 10.2. The Hall–Kier alpha value is -2.36. The highest BCUT2D eigenvalue weighted by atomic mass is 16.5. The van der Waals surface area contributed by atoms with Crippen LogP contribution >= 0.6 is 0 Å². The quantitative estimate of drug-likeness (QED) is 0.620. The van der Waals surface area contributed by atoms with Gasteiger partial charge in [-0.15, -0.1) is 0 Å². The second-order valence-electron chi connectivity index (χ2n) is 4.79. The number of ether oxygens (including phenoxy) is 2. The van der Waals surface area contributed by atoms with Crippen LogP contribution in [-0.4, -0.2) is 17.6 Å². The van der Waals surface area contributed by atoms with Crippen LogP contribution in [0.4, 0.5) is 0 Å². The molecule has 0 N–H and O–H groups in total. The molecular weight excluding hydrogens is 266 g/mol. The van der Waals surface area contributed by atoms with Gasteiger partial charge < -0.3 is 9.47 Å². The molecule has 0 spiro atoms. The average Bonchev–Trinajstić information content (AvgIpc) is 2.46. The van der Waals surface area contributed by atoms with Gasteiger partial charge in [-0.3, -0.25) is 4.98 Å². The number of hydrogen-bond acceptors (Lipinski definition) is 4. The van der Waals surface area contributed by atoms with Crippen molar-refractivity contribution in [2.45, 2.75) is 27.2 Å². The molecule has 0 amide bonds. The summed E-state index contributed by atoms with van der Waals surface area (Å²) >= 11 is 0. The number of hydrogen-bond donors (Lipinski definition) is 0. The Kier molecular flexibility index (Phi) is 4.93. The second kappa shape index (κ2) is 6.88. The topological polar surface area (TPSA) is 48.4 Å². The first-order chi connectivity index (χ1) is 10.1. The molecule has 2 aromatic rings. The van der Waals surface area contributed by atoms with Crippen LogP contribution in [0.1, 0.15) is 35.1 Å². The monoisotopic (exact) mass is 285 g/mol. The zero-order valence-corrected chi connectivity index (χ0v) is 12.6. The van der Waals surface area contributed by atoms with Crippen molar-refractivity contribution in [1.82, 2.24) is 4.98 Å². The molecule has 4 nitrogen and oxygen atoms in total. The van der Waals surface area contributed by atoms with Crippen molar-refractivity contribution in [2.75, 3.05) is 6.61 Å². The molecule has 4 heteroatoms. The van der Waals surface area contributed by atoms with Gasteiger partial charge in [0.05, 0.1) is 17.9 Å². The maximum atomic E-state index is 12.1. The third kappa shape index (κ3) is 4.05. The zero-order chi connectivity index (χ0) is 15.2. The Morgan fingerprint density at radius 1 is 1.05 bits per heavy atom. The Bertz CT molecular complexity index is 620. The lowest BCUT2D eigenvalue weighted by Gasteiger charge is -2.08. The highest BCUT2D eigenvalue weighted by Gasteiger charge is 2.12. The lowest BCUT2D eigenvalue weighted by Crippen LogP contribution is -2.11. The molecule has 1 aromatic carbocycles. The van der Waals surface area contributed by atoms with E-state index in [1.807, 2.05) is 13.8 Å². The van der Waals surface area contributed by atoms with E-state index < -0.39 is 5.97 Å². The van der Waals surface area contributed by atoms with E-state index in [9.17, 15) is 4.79 Å². The summed E-state index contributed by atoms with van der Waals surface area (Å²) in [6, 6.07) is 10.6. The largest absolute Gasteiger partial charge is 0.494 e. The molecular formula is C17H19NO3. The van der Waals surface area contributed by atoms with Crippen LogP contribution < -0.4 is 9.47 Å². The number of pyridine rings is 1. The predicted molar refractivity (Wildman–Crippen MR) is 80.9 cm³/mol. The number of carbonyl (C=O) groups is 1. The maximum Gasteiger partial charge on any atom is 0.345 e. The Balaban J connectivity index is 2.05. The van der Waals surface area contributed by atoms with E-state index in [0.29, 0.717) is 23.6 Å². The van der Waals surface area contributed by atoms with Crippen LogP contribution in [0.25, 0.3) is 0 Å². The Labute approximate surface area is 124 Å². The normalized spacial score (nSPS) is 10.2. The van der Waals surface area contributed by atoms with Crippen LogP contribution in [0.3, 0.4) is 0 Å². The van der Waals surface area contributed by atoms with Gasteiger partial charge in [-0.05, 0) is 56.7 Å². The van der Waals surface area contributed by atoms with Gasteiger partial charge in [0.1, 0.15) is 11.5 Å². The first kappa shape index (κ1) is 15.0. The molecule has 1 heterocycles. The minimum absolute atomic E-state index is 0.401. The Morgan fingerprint density at radius 2 is 1.71 bits per heavy atom. The molecule has 110 valence electrons. The van der Waals surface area contributed by atoms with E-state index in [1.165, 1.54) is 0 Å². The zero-order valence-electron chi connectivity index (χ0n) is 12.6. The number of aromatic nitrogens is 1. The predicted octanol–water partition coefficient (Wildman–Crippen LogP) is 3.71. The van der Waals surface area contributed by atoms with Crippen molar-refractivity contribution in [3.63, 3.8) is 0 Å². The van der Waals surface area contributed by atoms with Crippen LogP contribution in [0.2, 0.25) is 0 Å². The van der Waals surface area contributed by atoms with Crippen LogP contribution in [0, 0.1) is 13.8 Å². The number of benzene rings is 1. The molecule has 0 saturated carbocycles. The molecule has 0 saturated heterocycles. The summed E-state index contributed by atoms with van der Waals surface area (Å²) in [4.78, 5) is 16.4. The van der Waals surface area contributed by atoms with Gasteiger partial charge in [-0.1, -0.05) is 6.92 Å². The van der Waals surface area contributed by atoms with Gasteiger partial charge >= 0.3 is 5.97 Å². The van der Waals surface area contributed by atoms with Crippen molar-refractivity contribution >= 4 is 5.97 Å². The summed E-state index contributed by atoms with van der Waals surface area (Å²) in [7, 11) is 0. The molecule has 0 bridgehead atoms. The fourth-order valence-electron chi connectivity index (χ4n) is 1.89. The molecule has 0 aliphatic carbocycles. The summed E-state index contributed by atoms with van der Waals surface area (Å²) < 4.78 is 10.8. The van der Waals surface area contributed by atoms with Crippen molar-refractivity contribution in [3.8, 4) is 11.5 Å². The summed E-state index contributed by atoms with van der Waals surface area (Å²) in [5.41, 5.74) is 2.02. The summed E-state index contributed by atoms with van der Waals surface area (Å²) in [5, 5.41) is 0. The number of esters is 1. The fraction of sp³-hybridized carbons (Fsp3) is 0.294. The molecule has 0 radical (unpaired) electrons. The SMILES string of the molecule is CCCOc1ccc(OC(=O)c2ccc(C)nc2C)cc1. The van der Waals surface area contributed by atoms with E-state index >= 15 is 0 Å². The van der Waals surface area contributed by atoms with E-state index in [1.54, 1.807) is 43.3 Å². The molecule has 2 rings (SSSR count). The van der Waals surface area contributed by atoms with E-state index in [4.69, 9.17) is 9.47 Å². The van der Waals surface area contributed by atoms with Gasteiger partial charge in [0.2, 0.25) is 0 Å². The minimum Gasteiger partial charge on any atom is -0.494 e. The van der Waals surface area contributed by atoms with Crippen LogP contribution in [0.5, 0.6) is 11.5 Å². The first-order valence-electron chi connectivity index (χ1n) is 6.99. The van der Waals surface area contributed by atoms with Gasteiger partial charge in [0.15, 0.2) is 0 Å². The van der Waals surface area contributed by atoms with Gasteiger partial charge in [-0.2, -0.15) is 0 Å². The van der Waals surface area contributed by atoms with Crippen molar-refractivity contribution < 1.29 is 14.3 Å². The summed E-state index contributed by atoms with van der Waals surface area (Å²) in [6.07, 6.45) is 0.955. The molecule has 0 aliphatic rings. The average molecular weight is 285 g/mol. The number of rotatable bonds is 5. The second-order valence-corrected chi connectivity index (χ2v) is 4.79. The third-order valence-corrected chi connectivity index (χ3v) is 2.95. The molecule has 0 atom stereocenters.